The fraction of sp³-hybridized carbons (Fsp3) is 0.263. The molecule has 2 amide bonds. The number of methoxy groups -OCH3 is 1. The lowest BCUT2D eigenvalue weighted by molar-refractivity contribution is 0.219. The average Bonchev–Trinajstić information content (AvgIpc) is 3.38. The SMILES string of the molecule is COc1ccccc1-n1cc(-c2ccnc(NCCN3CCNC3=O)n2)cn1. The van der Waals surface area contributed by atoms with Crippen LogP contribution in [0.3, 0.4) is 0 Å². The van der Waals surface area contributed by atoms with Crippen molar-refractivity contribution in [3.8, 4) is 22.7 Å². The number of nitrogens with zero attached hydrogens (tertiary/aromatic N) is 5. The molecule has 9 nitrogen and oxygen atoms in total. The minimum absolute atomic E-state index is 0.0276. The number of carbonyl (C=O) groups is 1. The summed E-state index contributed by atoms with van der Waals surface area (Å²) in [4.78, 5) is 22.1. The maximum atomic E-state index is 11.6. The van der Waals surface area contributed by atoms with Crippen LogP contribution < -0.4 is 15.4 Å². The lowest BCUT2D eigenvalue weighted by Gasteiger charge is -2.14. The Bertz CT molecular complexity index is 972. The smallest absolute Gasteiger partial charge is 0.317 e. The number of hydrogen-bond donors (Lipinski definition) is 2. The summed E-state index contributed by atoms with van der Waals surface area (Å²) in [6, 6.07) is 9.50. The molecule has 0 spiro atoms. The number of nitrogens with one attached hydrogen (secondary N) is 2. The fourth-order valence-corrected chi connectivity index (χ4v) is 3.04. The zero-order chi connectivity index (χ0) is 19.3. The number of anilines is 1. The quantitative estimate of drug-likeness (QED) is 0.649. The van der Waals surface area contributed by atoms with Gasteiger partial charge in [-0.3, -0.25) is 0 Å². The standard InChI is InChI=1S/C19H21N7O2/c1-28-17-5-3-2-4-16(17)26-13-14(12-23-26)15-6-7-20-18(24-15)21-8-10-25-11-9-22-19(25)27/h2-7,12-13H,8-11H2,1H3,(H,22,27)(H,20,21,24). The number of para-hydroxylation sites is 2. The number of hydrogen-bond acceptors (Lipinski definition) is 6. The second-order valence-electron chi connectivity index (χ2n) is 6.26. The zero-order valence-corrected chi connectivity index (χ0v) is 15.5. The van der Waals surface area contributed by atoms with Crippen LogP contribution in [0.5, 0.6) is 5.75 Å². The summed E-state index contributed by atoms with van der Waals surface area (Å²) in [6.45, 7) is 2.60. The van der Waals surface area contributed by atoms with Gasteiger partial charge in [-0.1, -0.05) is 12.1 Å². The summed E-state index contributed by atoms with van der Waals surface area (Å²) < 4.78 is 7.16. The molecule has 0 unspecified atom stereocenters. The fourth-order valence-electron chi connectivity index (χ4n) is 3.04. The summed E-state index contributed by atoms with van der Waals surface area (Å²) in [5.74, 6) is 1.26. The Balaban J connectivity index is 1.46. The topological polar surface area (TPSA) is 97.2 Å². The van der Waals surface area contributed by atoms with Crippen LogP contribution in [-0.4, -0.2) is 64.0 Å². The van der Waals surface area contributed by atoms with Gasteiger partial charge in [-0.05, 0) is 18.2 Å². The third kappa shape index (κ3) is 3.73. The van der Waals surface area contributed by atoms with Gasteiger partial charge in [0, 0.05) is 44.1 Å². The van der Waals surface area contributed by atoms with E-state index in [1.807, 2.05) is 36.5 Å². The van der Waals surface area contributed by atoms with Gasteiger partial charge in [0.2, 0.25) is 5.95 Å². The van der Waals surface area contributed by atoms with E-state index in [1.165, 1.54) is 0 Å². The highest BCUT2D eigenvalue weighted by atomic mass is 16.5. The van der Waals surface area contributed by atoms with Crippen molar-refractivity contribution in [3.63, 3.8) is 0 Å². The lowest BCUT2D eigenvalue weighted by atomic mass is 10.2. The number of rotatable bonds is 7. The number of urea groups is 1. The van der Waals surface area contributed by atoms with E-state index in [9.17, 15) is 4.79 Å². The highest BCUT2D eigenvalue weighted by Crippen LogP contribution is 2.24. The molecule has 1 aliphatic heterocycles. The highest BCUT2D eigenvalue weighted by molar-refractivity contribution is 5.76. The van der Waals surface area contributed by atoms with Crippen molar-refractivity contribution in [1.82, 2.24) is 30.0 Å². The van der Waals surface area contributed by atoms with Gasteiger partial charge in [-0.15, -0.1) is 0 Å². The molecule has 1 aliphatic rings. The van der Waals surface area contributed by atoms with Gasteiger partial charge in [0.25, 0.3) is 0 Å². The molecule has 3 heterocycles. The van der Waals surface area contributed by atoms with Crippen LogP contribution in [0.25, 0.3) is 16.9 Å². The molecule has 0 saturated carbocycles. The first kappa shape index (κ1) is 17.8. The zero-order valence-electron chi connectivity index (χ0n) is 15.5. The average molecular weight is 379 g/mol. The third-order valence-corrected chi connectivity index (χ3v) is 4.48. The summed E-state index contributed by atoms with van der Waals surface area (Å²) in [6.07, 6.45) is 5.36. The summed E-state index contributed by atoms with van der Waals surface area (Å²) in [7, 11) is 1.64. The van der Waals surface area contributed by atoms with Crippen LogP contribution >= 0.6 is 0 Å². The van der Waals surface area contributed by atoms with Crippen LogP contribution in [0.1, 0.15) is 0 Å². The molecule has 144 valence electrons. The minimum Gasteiger partial charge on any atom is -0.494 e. The molecule has 28 heavy (non-hydrogen) atoms. The number of ether oxygens (including phenoxy) is 1. The number of benzene rings is 1. The monoisotopic (exact) mass is 379 g/mol. The summed E-state index contributed by atoms with van der Waals surface area (Å²) >= 11 is 0. The van der Waals surface area contributed by atoms with E-state index >= 15 is 0 Å². The van der Waals surface area contributed by atoms with E-state index in [0.717, 1.165) is 29.2 Å². The Morgan fingerprint density at radius 2 is 2.18 bits per heavy atom. The van der Waals surface area contributed by atoms with E-state index < -0.39 is 0 Å². The van der Waals surface area contributed by atoms with Crippen molar-refractivity contribution in [1.29, 1.82) is 0 Å². The molecule has 0 bridgehead atoms. The Morgan fingerprint density at radius 1 is 1.29 bits per heavy atom. The molecular formula is C19H21N7O2. The molecule has 2 aromatic heterocycles. The van der Waals surface area contributed by atoms with Crippen LogP contribution in [-0.2, 0) is 0 Å². The van der Waals surface area contributed by atoms with Crippen molar-refractivity contribution in [2.24, 2.45) is 0 Å². The normalized spacial score (nSPS) is 13.5. The van der Waals surface area contributed by atoms with Crippen LogP contribution in [0, 0.1) is 0 Å². The van der Waals surface area contributed by atoms with Crippen LogP contribution in [0.2, 0.25) is 0 Å². The molecule has 1 saturated heterocycles. The number of carbonyl (C=O) groups excluding carboxylic acids is 1. The molecule has 3 aromatic rings. The van der Waals surface area contributed by atoms with Crippen molar-refractivity contribution in [2.45, 2.75) is 0 Å². The molecule has 0 atom stereocenters. The molecular weight excluding hydrogens is 358 g/mol. The molecule has 4 rings (SSSR count). The highest BCUT2D eigenvalue weighted by Gasteiger charge is 2.18. The maximum absolute atomic E-state index is 11.6. The predicted molar refractivity (Wildman–Crippen MR) is 105 cm³/mol. The summed E-state index contributed by atoms with van der Waals surface area (Å²) in [5, 5.41) is 10.4. The second kappa shape index (κ2) is 7.95. The van der Waals surface area contributed by atoms with Gasteiger partial charge in [0.05, 0.1) is 19.0 Å². The van der Waals surface area contributed by atoms with Crippen molar-refractivity contribution < 1.29 is 9.53 Å². The van der Waals surface area contributed by atoms with Crippen LogP contribution in [0.15, 0.2) is 48.9 Å². The Hall–Kier alpha value is -3.62. The van der Waals surface area contributed by atoms with Gasteiger partial charge in [0.1, 0.15) is 11.4 Å². The van der Waals surface area contributed by atoms with Gasteiger partial charge in [-0.2, -0.15) is 5.10 Å². The molecule has 1 aromatic carbocycles. The van der Waals surface area contributed by atoms with Crippen molar-refractivity contribution >= 4 is 12.0 Å². The first-order valence-corrected chi connectivity index (χ1v) is 9.03. The second-order valence-corrected chi connectivity index (χ2v) is 6.26. The number of aromatic nitrogens is 4. The Kier molecular flexibility index (Phi) is 5.05. The minimum atomic E-state index is -0.0276. The van der Waals surface area contributed by atoms with Crippen molar-refractivity contribution in [2.75, 3.05) is 38.6 Å². The lowest BCUT2D eigenvalue weighted by Crippen LogP contribution is -2.32. The molecule has 0 radical (unpaired) electrons. The molecule has 2 N–H and O–H groups in total. The van der Waals surface area contributed by atoms with Gasteiger partial charge in [0.15, 0.2) is 0 Å². The van der Waals surface area contributed by atoms with Gasteiger partial charge >= 0.3 is 6.03 Å². The number of amides is 2. The van der Waals surface area contributed by atoms with Gasteiger partial charge < -0.3 is 20.3 Å². The molecule has 0 aliphatic carbocycles. The van der Waals surface area contributed by atoms with Gasteiger partial charge in [-0.25, -0.2) is 19.4 Å². The van der Waals surface area contributed by atoms with E-state index in [4.69, 9.17) is 4.74 Å². The molecule has 9 heteroatoms. The first-order chi connectivity index (χ1) is 13.7. The molecule has 1 fully saturated rings. The maximum Gasteiger partial charge on any atom is 0.317 e. The van der Waals surface area contributed by atoms with E-state index in [0.29, 0.717) is 25.6 Å². The largest absolute Gasteiger partial charge is 0.494 e. The van der Waals surface area contributed by atoms with E-state index in [-0.39, 0.29) is 6.03 Å². The van der Waals surface area contributed by atoms with Crippen LogP contribution in [0.4, 0.5) is 10.7 Å². The van der Waals surface area contributed by atoms with Crippen molar-refractivity contribution in [3.05, 3.63) is 48.9 Å². The Labute approximate surface area is 162 Å². The Morgan fingerprint density at radius 3 is 3.00 bits per heavy atom. The predicted octanol–water partition coefficient (Wildman–Crippen LogP) is 1.77. The first-order valence-electron chi connectivity index (χ1n) is 9.03. The third-order valence-electron chi connectivity index (χ3n) is 4.48. The van der Waals surface area contributed by atoms with E-state index in [1.54, 1.807) is 29.1 Å². The van der Waals surface area contributed by atoms with E-state index in [2.05, 4.69) is 25.7 Å². The summed E-state index contributed by atoms with van der Waals surface area (Å²) in [5.41, 5.74) is 2.49.